The lowest BCUT2D eigenvalue weighted by molar-refractivity contribution is 0.487. The first-order valence-electron chi connectivity index (χ1n) is 5.70. The van der Waals surface area contributed by atoms with E-state index in [1.54, 1.807) is 0 Å². The number of hydrogen-bond donors (Lipinski definition) is 1. The molecule has 0 amide bonds. The molecule has 0 aliphatic carbocycles. The van der Waals surface area contributed by atoms with E-state index in [1.807, 2.05) is 7.05 Å². The summed E-state index contributed by atoms with van der Waals surface area (Å²) in [4.78, 5) is 4.73. The van der Waals surface area contributed by atoms with Gasteiger partial charge in [-0.05, 0) is 40.5 Å². The van der Waals surface area contributed by atoms with Crippen LogP contribution in [0.1, 0.15) is 25.2 Å². The van der Waals surface area contributed by atoms with Crippen molar-refractivity contribution in [2.75, 3.05) is 6.54 Å². The maximum atomic E-state index is 5.83. The monoisotopic (exact) mass is 295 g/mol. The minimum Gasteiger partial charge on any atom is -0.330 e. The Labute approximate surface area is 110 Å². The van der Waals surface area contributed by atoms with Crippen molar-refractivity contribution < 1.29 is 0 Å². The van der Waals surface area contributed by atoms with E-state index in [9.17, 15) is 0 Å². The van der Waals surface area contributed by atoms with E-state index >= 15 is 0 Å². The molecule has 0 saturated carbocycles. The Hall–Kier alpha value is -0.870. The van der Waals surface area contributed by atoms with Crippen molar-refractivity contribution in [1.82, 2.24) is 9.55 Å². The largest absolute Gasteiger partial charge is 0.330 e. The van der Waals surface area contributed by atoms with Gasteiger partial charge in [0.1, 0.15) is 5.82 Å². The molecule has 0 spiro atoms. The van der Waals surface area contributed by atoms with Gasteiger partial charge in [-0.1, -0.05) is 13.8 Å². The van der Waals surface area contributed by atoms with E-state index in [1.165, 1.54) is 5.56 Å². The van der Waals surface area contributed by atoms with Gasteiger partial charge in [0.25, 0.3) is 0 Å². The molecular weight excluding hydrogens is 278 g/mol. The lowest BCUT2D eigenvalue weighted by Crippen LogP contribution is -2.31. The Morgan fingerprint density at radius 3 is 2.65 bits per heavy atom. The van der Waals surface area contributed by atoms with Crippen molar-refractivity contribution in [2.45, 2.75) is 26.2 Å². The minimum absolute atomic E-state index is 0.110. The van der Waals surface area contributed by atoms with Crippen molar-refractivity contribution in [3.05, 3.63) is 28.0 Å². The molecule has 3 nitrogen and oxygen atoms in total. The molecule has 2 rings (SSSR count). The van der Waals surface area contributed by atoms with Gasteiger partial charge >= 0.3 is 0 Å². The number of hydrogen-bond acceptors (Lipinski definition) is 2. The van der Waals surface area contributed by atoms with Gasteiger partial charge in [-0.2, -0.15) is 0 Å². The van der Waals surface area contributed by atoms with Crippen LogP contribution in [0.3, 0.4) is 0 Å². The van der Waals surface area contributed by atoms with E-state index in [0.717, 1.165) is 21.3 Å². The molecule has 2 N–H and O–H groups in total. The third kappa shape index (κ3) is 2.00. The van der Waals surface area contributed by atoms with Gasteiger partial charge in [0.05, 0.1) is 11.0 Å². The first-order chi connectivity index (χ1) is 7.86. The Bertz CT molecular complexity index is 570. The lowest BCUT2D eigenvalue weighted by Gasteiger charge is -2.21. The fourth-order valence-corrected chi connectivity index (χ4v) is 2.96. The first kappa shape index (κ1) is 12.6. The average molecular weight is 296 g/mol. The first-order valence-corrected chi connectivity index (χ1v) is 6.49. The van der Waals surface area contributed by atoms with Crippen LogP contribution in [0.25, 0.3) is 11.0 Å². The molecule has 0 aliphatic heterocycles. The summed E-state index contributed by atoms with van der Waals surface area (Å²) in [6, 6.07) is 4.22. The van der Waals surface area contributed by atoms with Gasteiger partial charge in [0.15, 0.2) is 0 Å². The molecule has 92 valence electrons. The normalized spacial score (nSPS) is 12.4. The van der Waals surface area contributed by atoms with Gasteiger partial charge in [0, 0.05) is 23.5 Å². The summed E-state index contributed by atoms with van der Waals surface area (Å²) >= 11 is 3.61. The Balaban J connectivity index is 2.78. The number of halogens is 1. The summed E-state index contributed by atoms with van der Waals surface area (Å²) in [5, 5.41) is 0. The SMILES string of the molecule is Cc1cc(Br)c2c(c1)nc(C(C)(C)CN)n2C. The lowest BCUT2D eigenvalue weighted by atomic mass is 9.93. The predicted octanol–water partition coefficient (Wildman–Crippen LogP) is 2.88. The number of rotatable bonds is 2. The van der Waals surface area contributed by atoms with Crippen LogP contribution in [-0.2, 0) is 12.5 Å². The number of imidazole rings is 1. The molecule has 17 heavy (non-hydrogen) atoms. The molecule has 2 aromatic rings. The quantitative estimate of drug-likeness (QED) is 0.926. The highest BCUT2D eigenvalue weighted by Gasteiger charge is 2.25. The fourth-order valence-electron chi connectivity index (χ4n) is 2.13. The molecule has 0 aliphatic rings. The Morgan fingerprint density at radius 2 is 2.06 bits per heavy atom. The van der Waals surface area contributed by atoms with E-state index in [2.05, 4.69) is 53.4 Å². The standard InChI is InChI=1S/C13H18BrN3/c1-8-5-9(14)11-10(6-8)16-12(17(11)4)13(2,3)7-15/h5-6H,7,15H2,1-4H3. The number of benzene rings is 1. The van der Waals surface area contributed by atoms with Crippen molar-refractivity contribution in [1.29, 1.82) is 0 Å². The summed E-state index contributed by atoms with van der Waals surface area (Å²) in [6.07, 6.45) is 0. The van der Waals surface area contributed by atoms with Gasteiger partial charge in [-0.3, -0.25) is 0 Å². The zero-order chi connectivity index (χ0) is 12.8. The second-order valence-corrected chi connectivity index (χ2v) is 6.05. The molecule has 1 heterocycles. The molecule has 0 radical (unpaired) electrons. The van der Waals surface area contributed by atoms with E-state index < -0.39 is 0 Å². The zero-order valence-corrected chi connectivity index (χ0v) is 12.3. The number of fused-ring (bicyclic) bond motifs is 1. The summed E-state index contributed by atoms with van der Waals surface area (Å²) in [7, 11) is 2.04. The van der Waals surface area contributed by atoms with Crippen LogP contribution < -0.4 is 5.73 Å². The maximum absolute atomic E-state index is 5.83. The molecule has 0 fully saturated rings. The summed E-state index contributed by atoms with van der Waals surface area (Å²) in [5.41, 5.74) is 9.09. The van der Waals surface area contributed by atoms with Crippen LogP contribution in [0.4, 0.5) is 0 Å². The molecule has 0 saturated heterocycles. The minimum atomic E-state index is -0.110. The fraction of sp³-hybridized carbons (Fsp3) is 0.462. The predicted molar refractivity (Wildman–Crippen MR) is 75.2 cm³/mol. The topological polar surface area (TPSA) is 43.8 Å². The molecule has 1 aromatic carbocycles. The number of nitrogens with zero attached hydrogens (tertiary/aromatic N) is 2. The molecular formula is C13H18BrN3. The van der Waals surface area contributed by atoms with Crippen LogP contribution in [0.15, 0.2) is 16.6 Å². The molecule has 4 heteroatoms. The third-order valence-electron chi connectivity index (χ3n) is 3.18. The van der Waals surface area contributed by atoms with Gasteiger partial charge in [-0.25, -0.2) is 4.98 Å². The third-order valence-corrected chi connectivity index (χ3v) is 3.79. The Morgan fingerprint density at radius 1 is 1.41 bits per heavy atom. The summed E-state index contributed by atoms with van der Waals surface area (Å²) in [5.74, 6) is 1.03. The highest BCUT2D eigenvalue weighted by molar-refractivity contribution is 9.10. The Kier molecular flexibility index (Phi) is 3.04. The van der Waals surface area contributed by atoms with Gasteiger partial charge in [0.2, 0.25) is 0 Å². The van der Waals surface area contributed by atoms with E-state index in [0.29, 0.717) is 6.54 Å². The molecule has 1 aromatic heterocycles. The summed E-state index contributed by atoms with van der Waals surface area (Å²) < 4.78 is 3.22. The number of nitrogens with two attached hydrogens (primary N) is 1. The van der Waals surface area contributed by atoms with Gasteiger partial charge < -0.3 is 10.3 Å². The molecule has 0 unspecified atom stereocenters. The van der Waals surface area contributed by atoms with Crippen molar-refractivity contribution in [3.8, 4) is 0 Å². The van der Waals surface area contributed by atoms with Crippen LogP contribution in [0.5, 0.6) is 0 Å². The van der Waals surface area contributed by atoms with Crippen LogP contribution in [0.2, 0.25) is 0 Å². The van der Waals surface area contributed by atoms with Crippen LogP contribution in [-0.4, -0.2) is 16.1 Å². The van der Waals surface area contributed by atoms with Gasteiger partial charge in [-0.15, -0.1) is 0 Å². The van der Waals surface area contributed by atoms with Crippen molar-refractivity contribution in [3.63, 3.8) is 0 Å². The highest BCUT2D eigenvalue weighted by Crippen LogP contribution is 2.30. The maximum Gasteiger partial charge on any atom is 0.116 e. The summed E-state index contributed by atoms with van der Waals surface area (Å²) in [6.45, 7) is 6.90. The highest BCUT2D eigenvalue weighted by atomic mass is 79.9. The number of aromatic nitrogens is 2. The van der Waals surface area contributed by atoms with Crippen LogP contribution in [0, 0.1) is 6.92 Å². The molecule has 0 bridgehead atoms. The molecule has 0 atom stereocenters. The van der Waals surface area contributed by atoms with Crippen molar-refractivity contribution >= 4 is 27.0 Å². The second-order valence-electron chi connectivity index (χ2n) is 5.20. The smallest absolute Gasteiger partial charge is 0.116 e. The van der Waals surface area contributed by atoms with Crippen molar-refractivity contribution in [2.24, 2.45) is 12.8 Å². The zero-order valence-electron chi connectivity index (χ0n) is 10.7. The van der Waals surface area contributed by atoms with E-state index in [4.69, 9.17) is 10.7 Å². The second kappa shape index (κ2) is 4.10. The van der Waals surface area contributed by atoms with Crippen LogP contribution >= 0.6 is 15.9 Å². The average Bonchev–Trinajstić information content (AvgIpc) is 2.56. The van der Waals surface area contributed by atoms with E-state index in [-0.39, 0.29) is 5.41 Å². The number of aryl methyl sites for hydroxylation is 2.